The molecule has 14 heteroatoms. The van der Waals surface area contributed by atoms with Crippen LogP contribution in [-0.4, -0.2) is 51.3 Å². The lowest BCUT2D eigenvalue weighted by atomic mass is 9.86. The van der Waals surface area contributed by atoms with Crippen LogP contribution in [-0.2, 0) is 49.2 Å². The van der Waals surface area contributed by atoms with Gasteiger partial charge in [0, 0.05) is 29.1 Å². The van der Waals surface area contributed by atoms with Crippen LogP contribution in [0.15, 0.2) is 23.0 Å². The quantitative estimate of drug-likeness (QED) is 0.159. The van der Waals surface area contributed by atoms with Crippen molar-refractivity contribution in [2.24, 2.45) is 11.7 Å². The minimum absolute atomic E-state index is 0.0120. The second-order valence-electron chi connectivity index (χ2n) is 11.4. The standard InChI is InChI=1S/C30H31ClFN5O7/c1-3-30(42)19-7-23-24-17(10-37(23)28(40)18(19)11-43-29(30)41)16(15-6-20(31)21(32)8-22(15)36-24)9-34-27(39)25(14-4-5-14)44-12-35-26(38)13(2)33/h6-8,13-14,25,42H,3-5,9-12,33H2,1-2H3,(H,34,39)(H,35,38)/t13-,25-,30-/m0/s1. The summed E-state index contributed by atoms with van der Waals surface area (Å²) >= 11 is 6.16. The van der Waals surface area contributed by atoms with Crippen LogP contribution in [0.4, 0.5) is 4.39 Å². The average Bonchev–Trinajstić information content (AvgIpc) is 3.77. The number of ether oxygens (including phenoxy) is 2. The molecule has 232 valence electrons. The third-order valence-electron chi connectivity index (χ3n) is 8.52. The summed E-state index contributed by atoms with van der Waals surface area (Å²) in [6.45, 7) is 2.73. The summed E-state index contributed by atoms with van der Waals surface area (Å²) in [5, 5.41) is 17.0. The van der Waals surface area contributed by atoms with Crippen molar-refractivity contribution in [3.05, 3.63) is 61.6 Å². The zero-order valence-corrected chi connectivity index (χ0v) is 24.8. The number of fused-ring (bicyclic) bond motifs is 5. The van der Waals surface area contributed by atoms with Crippen LogP contribution in [0.5, 0.6) is 0 Å². The molecule has 3 aromatic rings. The second-order valence-corrected chi connectivity index (χ2v) is 11.8. The molecule has 2 amide bonds. The van der Waals surface area contributed by atoms with Gasteiger partial charge in [-0.05, 0) is 49.8 Å². The fraction of sp³-hybridized carbons (Fsp3) is 0.433. The number of nitrogens with zero attached hydrogens (tertiary/aromatic N) is 2. The fourth-order valence-electron chi connectivity index (χ4n) is 5.82. The average molecular weight is 628 g/mol. The van der Waals surface area contributed by atoms with Crippen LogP contribution in [0.2, 0.25) is 5.02 Å². The first-order valence-electron chi connectivity index (χ1n) is 14.3. The van der Waals surface area contributed by atoms with Crippen molar-refractivity contribution in [2.45, 2.75) is 70.6 Å². The summed E-state index contributed by atoms with van der Waals surface area (Å²) in [6, 6.07) is 3.45. The highest BCUT2D eigenvalue weighted by Crippen LogP contribution is 2.41. The highest BCUT2D eigenvalue weighted by molar-refractivity contribution is 6.31. The molecule has 4 heterocycles. The first-order chi connectivity index (χ1) is 20.9. The first kappa shape index (κ1) is 30.1. The summed E-state index contributed by atoms with van der Waals surface area (Å²) in [4.78, 5) is 56.0. The number of hydrogen-bond acceptors (Lipinski definition) is 9. The van der Waals surface area contributed by atoms with Gasteiger partial charge in [-0.3, -0.25) is 14.4 Å². The van der Waals surface area contributed by atoms with Gasteiger partial charge in [0.1, 0.15) is 25.3 Å². The maximum Gasteiger partial charge on any atom is 0.343 e. The predicted octanol–water partition coefficient (Wildman–Crippen LogP) is 1.70. The number of hydrogen-bond donors (Lipinski definition) is 4. The van der Waals surface area contributed by atoms with Gasteiger partial charge in [0.05, 0.1) is 40.1 Å². The van der Waals surface area contributed by atoms with Crippen molar-refractivity contribution >= 4 is 40.3 Å². The number of aliphatic hydroxyl groups is 1. The maximum absolute atomic E-state index is 14.6. The van der Waals surface area contributed by atoms with Gasteiger partial charge in [-0.2, -0.15) is 0 Å². The van der Waals surface area contributed by atoms with Crippen LogP contribution in [0, 0.1) is 11.7 Å². The molecule has 3 aliphatic rings. The number of benzene rings is 1. The minimum atomic E-state index is -2.00. The number of nitrogens with one attached hydrogen (secondary N) is 2. The van der Waals surface area contributed by atoms with Gasteiger partial charge >= 0.3 is 5.97 Å². The van der Waals surface area contributed by atoms with Gasteiger partial charge in [0.2, 0.25) is 11.8 Å². The van der Waals surface area contributed by atoms with Gasteiger partial charge in [-0.15, -0.1) is 0 Å². The van der Waals surface area contributed by atoms with Gasteiger partial charge in [-0.25, -0.2) is 14.2 Å². The number of carbonyl (C=O) groups excluding carboxylic acids is 3. The lowest BCUT2D eigenvalue weighted by Gasteiger charge is -2.31. The molecule has 1 aliphatic carbocycles. The van der Waals surface area contributed by atoms with E-state index in [1.807, 2.05) is 0 Å². The number of aromatic nitrogens is 2. The van der Waals surface area contributed by atoms with Gasteiger partial charge in [0.25, 0.3) is 5.56 Å². The smallest absolute Gasteiger partial charge is 0.343 e. The zero-order valence-electron chi connectivity index (χ0n) is 24.0. The van der Waals surface area contributed by atoms with Crippen molar-refractivity contribution in [3.63, 3.8) is 0 Å². The number of cyclic esters (lactones) is 1. The van der Waals surface area contributed by atoms with Crippen molar-refractivity contribution in [3.8, 4) is 11.4 Å². The maximum atomic E-state index is 14.6. The van der Waals surface area contributed by atoms with E-state index in [2.05, 4.69) is 15.6 Å². The number of amides is 2. The molecule has 6 rings (SSSR count). The van der Waals surface area contributed by atoms with Crippen molar-refractivity contribution in [1.29, 1.82) is 0 Å². The molecule has 44 heavy (non-hydrogen) atoms. The van der Waals surface area contributed by atoms with E-state index in [0.29, 0.717) is 27.9 Å². The number of rotatable bonds is 9. The Morgan fingerprint density at radius 3 is 2.68 bits per heavy atom. The largest absolute Gasteiger partial charge is 0.458 e. The Morgan fingerprint density at radius 1 is 1.25 bits per heavy atom. The molecule has 3 atom stereocenters. The molecule has 0 saturated heterocycles. The molecule has 0 bridgehead atoms. The third kappa shape index (κ3) is 5.03. The number of halogens is 2. The van der Waals surface area contributed by atoms with E-state index in [1.54, 1.807) is 13.0 Å². The van der Waals surface area contributed by atoms with Crippen LogP contribution < -0.4 is 21.9 Å². The van der Waals surface area contributed by atoms with Crippen LogP contribution >= 0.6 is 11.6 Å². The lowest BCUT2D eigenvalue weighted by Crippen LogP contribution is -2.44. The van der Waals surface area contributed by atoms with E-state index >= 15 is 0 Å². The summed E-state index contributed by atoms with van der Waals surface area (Å²) in [5.41, 5.74) is 5.55. The summed E-state index contributed by atoms with van der Waals surface area (Å²) < 4.78 is 26.9. The molecule has 2 aliphatic heterocycles. The highest BCUT2D eigenvalue weighted by atomic mass is 35.5. The van der Waals surface area contributed by atoms with Crippen molar-refractivity contribution in [1.82, 2.24) is 20.2 Å². The van der Waals surface area contributed by atoms with E-state index in [-0.39, 0.29) is 60.4 Å². The Labute approximate surface area is 255 Å². The Kier molecular flexibility index (Phi) is 7.68. The first-order valence-corrected chi connectivity index (χ1v) is 14.7. The number of esters is 1. The second kappa shape index (κ2) is 11.2. The highest BCUT2D eigenvalue weighted by Gasteiger charge is 2.45. The van der Waals surface area contributed by atoms with E-state index in [0.717, 1.165) is 12.8 Å². The fourth-order valence-corrected chi connectivity index (χ4v) is 5.99. The third-order valence-corrected chi connectivity index (χ3v) is 8.81. The van der Waals surface area contributed by atoms with Crippen molar-refractivity contribution in [2.75, 3.05) is 6.73 Å². The van der Waals surface area contributed by atoms with Gasteiger partial charge in [0.15, 0.2) is 5.60 Å². The van der Waals surface area contributed by atoms with E-state index in [1.165, 1.54) is 23.6 Å². The molecule has 0 radical (unpaired) electrons. The predicted molar refractivity (Wildman–Crippen MR) is 156 cm³/mol. The normalized spacial score (nSPS) is 19.9. The molecule has 5 N–H and O–H groups in total. The molecular formula is C30H31ClFN5O7. The molecule has 1 fully saturated rings. The number of nitrogens with two attached hydrogens (primary N) is 1. The SMILES string of the molecule is CC[C@@]1(O)C(=O)OCc2c1cc1n(c2=O)Cc2c-1nc1cc(F)c(Cl)cc1c2CNC(=O)[C@@H](OCNC(=O)[C@H](C)N)C1CC1. The molecule has 2 aromatic heterocycles. The van der Waals surface area contributed by atoms with Crippen LogP contribution in [0.1, 0.15) is 55.4 Å². The van der Waals surface area contributed by atoms with Gasteiger partial charge < -0.3 is 35.5 Å². The molecule has 12 nitrogen and oxygen atoms in total. The Morgan fingerprint density at radius 2 is 2.00 bits per heavy atom. The number of pyridine rings is 2. The lowest BCUT2D eigenvalue weighted by molar-refractivity contribution is -0.172. The molecule has 0 unspecified atom stereocenters. The monoisotopic (exact) mass is 627 g/mol. The van der Waals surface area contributed by atoms with Crippen molar-refractivity contribution < 1.29 is 33.4 Å². The molecule has 0 spiro atoms. The van der Waals surface area contributed by atoms with E-state index in [9.17, 15) is 28.7 Å². The summed E-state index contributed by atoms with van der Waals surface area (Å²) in [7, 11) is 0. The molecule has 1 saturated carbocycles. The minimum Gasteiger partial charge on any atom is -0.458 e. The zero-order chi connectivity index (χ0) is 31.5. The van der Waals surface area contributed by atoms with E-state index < -0.39 is 46.9 Å². The van der Waals surface area contributed by atoms with E-state index in [4.69, 9.17) is 26.8 Å². The topological polar surface area (TPSA) is 175 Å². The summed E-state index contributed by atoms with van der Waals surface area (Å²) in [5.74, 6) is -2.36. The van der Waals surface area contributed by atoms with Gasteiger partial charge in [-0.1, -0.05) is 18.5 Å². The van der Waals surface area contributed by atoms with Crippen LogP contribution in [0.25, 0.3) is 22.3 Å². The summed E-state index contributed by atoms with van der Waals surface area (Å²) in [6.07, 6.45) is 0.753. The Hall–Kier alpha value is -3.91. The van der Waals surface area contributed by atoms with Crippen LogP contribution in [0.3, 0.4) is 0 Å². The Balaban J connectivity index is 1.37. The number of carbonyl (C=O) groups is 3. The molecule has 1 aromatic carbocycles. The Bertz CT molecular complexity index is 1790. The molecular weight excluding hydrogens is 597 g/mol.